The van der Waals surface area contributed by atoms with Gasteiger partial charge in [-0.15, -0.1) is 0 Å². The second-order valence-corrected chi connectivity index (χ2v) is 11.9. The number of benzene rings is 2. The third kappa shape index (κ3) is 3.89. The highest BCUT2D eigenvalue weighted by Crippen LogP contribution is 2.45. The van der Waals surface area contributed by atoms with Gasteiger partial charge in [0.15, 0.2) is 9.84 Å². The van der Waals surface area contributed by atoms with Crippen molar-refractivity contribution in [3.63, 3.8) is 0 Å². The van der Waals surface area contributed by atoms with Crippen LogP contribution in [0.5, 0.6) is 0 Å². The van der Waals surface area contributed by atoms with E-state index in [9.17, 15) is 8.42 Å². The van der Waals surface area contributed by atoms with E-state index in [-0.39, 0.29) is 10.8 Å². The standard InChI is InChI=1S/C25H30O2S/c1-18(2)28(26,27)21-12-9-19(10-13-21)7-8-20-11-14-22-23(17-20)25(5,6)16-15-24(22,3)4/h9-14,17-18H,15-16H2,1-6H3. The minimum absolute atomic E-state index is 0.162. The molecule has 0 saturated heterocycles. The largest absolute Gasteiger partial charge is 0.223 e. The zero-order valence-corrected chi connectivity index (χ0v) is 18.6. The lowest BCUT2D eigenvalue weighted by Crippen LogP contribution is -2.33. The highest BCUT2D eigenvalue weighted by Gasteiger charge is 2.36. The molecule has 0 unspecified atom stereocenters. The molecule has 3 rings (SSSR count). The van der Waals surface area contributed by atoms with E-state index in [1.807, 2.05) is 0 Å². The van der Waals surface area contributed by atoms with E-state index in [2.05, 4.69) is 57.7 Å². The van der Waals surface area contributed by atoms with Crippen LogP contribution >= 0.6 is 0 Å². The van der Waals surface area contributed by atoms with Gasteiger partial charge in [0.05, 0.1) is 10.1 Å². The van der Waals surface area contributed by atoms with Gasteiger partial charge in [0, 0.05) is 11.1 Å². The van der Waals surface area contributed by atoms with Crippen molar-refractivity contribution in [1.29, 1.82) is 0 Å². The van der Waals surface area contributed by atoms with Crippen molar-refractivity contribution < 1.29 is 8.42 Å². The minimum Gasteiger partial charge on any atom is -0.223 e. The van der Waals surface area contributed by atoms with Crippen LogP contribution in [0.2, 0.25) is 0 Å². The Balaban J connectivity index is 1.92. The molecule has 0 radical (unpaired) electrons. The van der Waals surface area contributed by atoms with Crippen molar-refractivity contribution in [3.8, 4) is 11.8 Å². The third-order valence-electron chi connectivity index (χ3n) is 6.01. The molecule has 28 heavy (non-hydrogen) atoms. The molecule has 2 nitrogen and oxygen atoms in total. The molecular weight excluding hydrogens is 364 g/mol. The summed E-state index contributed by atoms with van der Waals surface area (Å²) in [6.45, 7) is 12.7. The second kappa shape index (κ2) is 7.08. The number of hydrogen-bond acceptors (Lipinski definition) is 2. The first kappa shape index (κ1) is 20.7. The van der Waals surface area contributed by atoms with E-state index in [0.29, 0.717) is 4.90 Å². The SMILES string of the molecule is CC(C)S(=O)(=O)c1ccc(C#Cc2ccc3c(c2)C(C)(C)CCC3(C)C)cc1. The maximum Gasteiger partial charge on any atom is 0.180 e. The molecule has 1 aliphatic rings. The normalized spacial score (nSPS) is 17.5. The van der Waals surface area contributed by atoms with Crippen LogP contribution in [0.4, 0.5) is 0 Å². The monoisotopic (exact) mass is 394 g/mol. The van der Waals surface area contributed by atoms with Crippen LogP contribution in [-0.2, 0) is 20.7 Å². The van der Waals surface area contributed by atoms with E-state index >= 15 is 0 Å². The number of fused-ring (bicyclic) bond motifs is 1. The van der Waals surface area contributed by atoms with E-state index in [1.165, 1.54) is 24.0 Å². The Bertz CT molecular complexity index is 1040. The predicted molar refractivity (Wildman–Crippen MR) is 116 cm³/mol. The second-order valence-electron chi connectivity index (χ2n) is 9.40. The number of rotatable bonds is 2. The summed E-state index contributed by atoms with van der Waals surface area (Å²) in [4.78, 5) is 0.353. The third-order valence-corrected chi connectivity index (χ3v) is 8.18. The summed E-state index contributed by atoms with van der Waals surface area (Å²) in [7, 11) is -3.24. The molecule has 0 heterocycles. The maximum atomic E-state index is 12.2. The fraction of sp³-hybridized carbons (Fsp3) is 0.440. The van der Waals surface area contributed by atoms with Gasteiger partial charge in [-0.1, -0.05) is 45.6 Å². The number of sulfone groups is 1. The van der Waals surface area contributed by atoms with Crippen LogP contribution < -0.4 is 0 Å². The van der Waals surface area contributed by atoms with Crippen molar-refractivity contribution in [1.82, 2.24) is 0 Å². The Labute approximate surface area is 170 Å². The van der Waals surface area contributed by atoms with E-state index in [0.717, 1.165) is 11.1 Å². The summed E-state index contributed by atoms with van der Waals surface area (Å²) in [5.74, 6) is 6.44. The summed E-state index contributed by atoms with van der Waals surface area (Å²) in [6.07, 6.45) is 2.37. The van der Waals surface area contributed by atoms with Gasteiger partial charge in [0.1, 0.15) is 0 Å². The van der Waals surface area contributed by atoms with Crippen molar-refractivity contribution >= 4 is 9.84 Å². The van der Waals surface area contributed by atoms with E-state index < -0.39 is 15.1 Å². The van der Waals surface area contributed by atoms with Crippen LogP contribution in [0.1, 0.15) is 76.6 Å². The predicted octanol–water partition coefficient (Wildman–Crippen LogP) is 5.62. The zero-order chi connectivity index (χ0) is 20.7. The zero-order valence-electron chi connectivity index (χ0n) is 17.8. The summed E-state index contributed by atoms with van der Waals surface area (Å²) in [6, 6.07) is 13.4. The first-order valence-corrected chi connectivity index (χ1v) is 11.5. The average Bonchev–Trinajstić information content (AvgIpc) is 2.64. The Morgan fingerprint density at radius 3 is 1.86 bits per heavy atom. The van der Waals surface area contributed by atoms with Crippen LogP contribution in [-0.4, -0.2) is 13.7 Å². The molecule has 148 valence electrons. The molecule has 0 amide bonds. The van der Waals surface area contributed by atoms with Gasteiger partial charge in [-0.2, -0.15) is 0 Å². The van der Waals surface area contributed by atoms with Crippen LogP contribution in [0.15, 0.2) is 47.4 Å². The van der Waals surface area contributed by atoms with Gasteiger partial charge >= 0.3 is 0 Å². The molecule has 0 N–H and O–H groups in total. The van der Waals surface area contributed by atoms with E-state index in [1.54, 1.807) is 38.1 Å². The molecule has 0 saturated carbocycles. The Morgan fingerprint density at radius 2 is 1.29 bits per heavy atom. The van der Waals surface area contributed by atoms with Crippen molar-refractivity contribution in [2.75, 3.05) is 0 Å². The van der Waals surface area contributed by atoms with Gasteiger partial charge < -0.3 is 0 Å². The first-order valence-electron chi connectivity index (χ1n) is 9.94. The lowest BCUT2D eigenvalue weighted by Gasteiger charge is -2.41. The summed E-state index contributed by atoms with van der Waals surface area (Å²) >= 11 is 0. The number of hydrogen-bond donors (Lipinski definition) is 0. The molecule has 3 heteroatoms. The minimum atomic E-state index is -3.24. The maximum absolute atomic E-state index is 12.2. The fourth-order valence-electron chi connectivity index (χ4n) is 3.81. The van der Waals surface area contributed by atoms with Crippen molar-refractivity contribution in [3.05, 3.63) is 64.7 Å². The Kier molecular flexibility index (Phi) is 5.23. The molecule has 0 atom stereocenters. The average molecular weight is 395 g/mol. The fourth-order valence-corrected chi connectivity index (χ4v) is 4.87. The van der Waals surface area contributed by atoms with Crippen LogP contribution in [0, 0.1) is 11.8 Å². The molecule has 0 aromatic heterocycles. The van der Waals surface area contributed by atoms with Gasteiger partial charge in [0.2, 0.25) is 0 Å². The van der Waals surface area contributed by atoms with Crippen LogP contribution in [0.3, 0.4) is 0 Å². The lowest BCUT2D eigenvalue weighted by molar-refractivity contribution is 0.332. The smallest absolute Gasteiger partial charge is 0.180 e. The molecule has 2 aromatic carbocycles. The summed E-state index contributed by atoms with van der Waals surface area (Å²) in [5, 5.41) is -0.424. The first-order chi connectivity index (χ1) is 12.9. The van der Waals surface area contributed by atoms with Gasteiger partial charge in [-0.05, 0) is 85.0 Å². The van der Waals surface area contributed by atoms with E-state index in [4.69, 9.17) is 0 Å². The van der Waals surface area contributed by atoms with Crippen molar-refractivity contribution in [2.45, 2.75) is 75.4 Å². The molecule has 0 bridgehead atoms. The Morgan fingerprint density at radius 1 is 0.786 bits per heavy atom. The van der Waals surface area contributed by atoms with Gasteiger partial charge in [-0.25, -0.2) is 8.42 Å². The van der Waals surface area contributed by atoms with Crippen LogP contribution in [0.25, 0.3) is 0 Å². The molecule has 1 aliphatic carbocycles. The quantitative estimate of drug-likeness (QED) is 0.620. The molecule has 0 spiro atoms. The highest BCUT2D eigenvalue weighted by molar-refractivity contribution is 7.92. The topological polar surface area (TPSA) is 34.1 Å². The van der Waals surface area contributed by atoms with Crippen molar-refractivity contribution in [2.24, 2.45) is 0 Å². The molecule has 0 fully saturated rings. The molecular formula is C25H30O2S. The van der Waals surface area contributed by atoms with Gasteiger partial charge in [-0.3, -0.25) is 0 Å². The Hall–Kier alpha value is -2.05. The van der Waals surface area contributed by atoms with Gasteiger partial charge in [0.25, 0.3) is 0 Å². The molecule has 2 aromatic rings. The lowest BCUT2D eigenvalue weighted by atomic mass is 9.63. The molecule has 0 aliphatic heterocycles. The summed E-state index contributed by atoms with van der Waals surface area (Å²) in [5.41, 5.74) is 5.01. The highest BCUT2D eigenvalue weighted by atomic mass is 32.2. The summed E-state index contributed by atoms with van der Waals surface area (Å²) < 4.78 is 24.5.